The number of H-pyrrole nitrogens is 1. The zero-order valence-electron chi connectivity index (χ0n) is 15.2. The zero-order valence-corrected chi connectivity index (χ0v) is 15.9. The first kappa shape index (κ1) is 17.6. The second kappa shape index (κ2) is 7.45. The standard InChI is InChI=1S/C21H21ClN4O/c1-15-4-2-7-18(12-15)25-8-10-26(11-9-25)21(27)20-14-19(23-24-20)16-5-3-6-17(22)13-16/h2-7,12-14H,8-11H2,1H3,(H,23,24). The fourth-order valence-electron chi connectivity index (χ4n) is 3.39. The van der Waals surface area contributed by atoms with Crippen LogP contribution in [0.3, 0.4) is 0 Å². The Bertz CT molecular complexity index is 960. The molecule has 3 aromatic rings. The van der Waals surface area contributed by atoms with Crippen LogP contribution in [0.15, 0.2) is 54.6 Å². The van der Waals surface area contributed by atoms with E-state index in [1.54, 1.807) is 6.07 Å². The molecule has 1 N–H and O–H groups in total. The number of aryl methyl sites for hydroxylation is 1. The minimum atomic E-state index is -0.0142. The lowest BCUT2D eigenvalue weighted by Gasteiger charge is -2.36. The smallest absolute Gasteiger partial charge is 0.272 e. The Morgan fingerprint density at radius 2 is 1.81 bits per heavy atom. The third-order valence-corrected chi connectivity index (χ3v) is 5.10. The number of nitrogens with zero attached hydrogens (tertiary/aromatic N) is 3. The fourth-order valence-corrected chi connectivity index (χ4v) is 3.58. The molecule has 1 saturated heterocycles. The highest BCUT2D eigenvalue weighted by Crippen LogP contribution is 2.23. The maximum absolute atomic E-state index is 12.8. The van der Waals surface area contributed by atoms with Crippen LogP contribution in [0.1, 0.15) is 16.1 Å². The largest absolute Gasteiger partial charge is 0.368 e. The van der Waals surface area contributed by atoms with Crippen LogP contribution in [0.4, 0.5) is 5.69 Å². The van der Waals surface area contributed by atoms with Gasteiger partial charge in [-0.1, -0.05) is 35.9 Å². The quantitative estimate of drug-likeness (QED) is 0.747. The average Bonchev–Trinajstić information content (AvgIpc) is 3.18. The number of carbonyl (C=O) groups excluding carboxylic acids is 1. The molecule has 0 atom stereocenters. The van der Waals surface area contributed by atoms with E-state index in [2.05, 4.69) is 46.3 Å². The van der Waals surface area contributed by atoms with E-state index in [1.165, 1.54) is 11.3 Å². The number of nitrogens with one attached hydrogen (secondary N) is 1. The van der Waals surface area contributed by atoms with Crippen molar-refractivity contribution in [1.29, 1.82) is 0 Å². The summed E-state index contributed by atoms with van der Waals surface area (Å²) in [4.78, 5) is 17.0. The predicted octanol–water partition coefficient (Wildman–Crippen LogP) is 4.00. The topological polar surface area (TPSA) is 52.2 Å². The highest BCUT2D eigenvalue weighted by atomic mass is 35.5. The molecule has 0 saturated carbocycles. The molecule has 4 rings (SSSR count). The van der Waals surface area contributed by atoms with E-state index in [9.17, 15) is 4.79 Å². The van der Waals surface area contributed by atoms with Gasteiger partial charge in [0.05, 0.1) is 5.69 Å². The normalized spacial score (nSPS) is 14.4. The first-order valence-electron chi connectivity index (χ1n) is 9.02. The van der Waals surface area contributed by atoms with Gasteiger partial charge in [-0.25, -0.2) is 0 Å². The molecule has 1 amide bonds. The van der Waals surface area contributed by atoms with Crippen molar-refractivity contribution in [3.63, 3.8) is 0 Å². The minimum absolute atomic E-state index is 0.0142. The monoisotopic (exact) mass is 380 g/mol. The molecule has 1 aliphatic heterocycles. The number of aromatic nitrogens is 2. The van der Waals surface area contributed by atoms with Gasteiger partial charge in [0.2, 0.25) is 0 Å². The highest BCUT2D eigenvalue weighted by Gasteiger charge is 2.24. The van der Waals surface area contributed by atoms with Gasteiger partial charge in [0.15, 0.2) is 0 Å². The summed E-state index contributed by atoms with van der Waals surface area (Å²) in [6, 6.07) is 17.7. The Balaban J connectivity index is 1.42. The molecule has 1 aromatic heterocycles. The Hall–Kier alpha value is -2.79. The Kier molecular flexibility index (Phi) is 4.86. The van der Waals surface area contributed by atoms with Crippen LogP contribution in [0.2, 0.25) is 5.02 Å². The molecule has 1 aliphatic rings. The van der Waals surface area contributed by atoms with Crippen molar-refractivity contribution in [3.8, 4) is 11.3 Å². The number of piperazine rings is 1. The maximum atomic E-state index is 12.8. The second-order valence-corrected chi connectivity index (χ2v) is 7.23. The number of hydrogen-bond donors (Lipinski definition) is 1. The fraction of sp³-hybridized carbons (Fsp3) is 0.238. The molecule has 0 spiro atoms. The lowest BCUT2D eigenvalue weighted by atomic mass is 10.1. The first-order chi connectivity index (χ1) is 13.1. The van der Waals surface area contributed by atoms with Crippen molar-refractivity contribution in [3.05, 3.63) is 70.9 Å². The van der Waals surface area contributed by atoms with Crippen LogP contribution in [0, 0.1) is 6.92 Å². The zero-order chi connectivity index (χ0) is 18.8. The van der Waals surface area contributed by atoms with Gasteiger partial charge < -0.3 is 9.80 Å². The van der Waals surface area contributed by atoms with E-state index in [4.69, 9.17) is 11.6 Å². The van der Waals surface area contributed by atoms with Crippen LogP contribution in [-0.2, 0) is 0 Å². The summed E-state index contributed by atoms with van der Waals surface area (Å²) in [5.41, 5.74) is 4.58. The van der Waals surface area contributed by atoms with Gasteiger partial charge in [-0.2, -0.15) is 5.10 Å². The third-order valence-electron chi connectivity index (χ3n) is 4.86. The van der Waals surface area contributed by atoms with Crippen molar-refractivity contribution in [2.75, 3.05) is 31.1 Å². The summed E-state index contributed by atoms with van der Waals surface area (Å²) in [6.45, 7) is 5.13. The van der Waals surface area contributed by atoms with Gasteiger partial charge in [0.1, 0.15) is 5.69 Å². The van der Waals surface area contributed by atoms with Gasteiger partial charge in [0, 0.05) is 42.5 Å². The summed E-state index contributed by atoms with van der Waals surface area (Å²) in [6.07, 6.45) is 0. The molecule has 0 aliphatic carbocycles. The molecule has 0 radical (unpaired) electrons. The van der Waals surface area contributed by atoms with Gasteiger partial charge in [-0.15, -0.1) is 0 Å². The highest BCUT2D eigenvalue weighted by molar-refractivity contribution is 6.30. The Morgan fingerprint density at radius 3 is 2.56 bits per heavy atom. The van der Waals surface area contributed by atoms with E-state index in [1.807, 2.05) is 29.2 Å². The molecule has 2 heterocycles. The van der Waals surface area contributed by atoms with Gasteiger partial charge in [-0.3, -0.25) is 9.89 Å². The summed E-state index contributed by atoms with van der Waals surface area (Å²) >= 11 is 6.04. The summed E-state index contributed by atoms with van der Waals surface area (Å²) in [5, 5.41) is 7.80. The van der Waals surface area contributed by atoms with Crippen LogP contribution in [-0.4, -0.2) is 47.2 Å². The molecule has 138 valence electrons. The average molecular weight is 381 g/mol. The van der Waals surface area contributed by atoms with Crippen LogP contribution >= 0.6 is 11.6 Å². The molecule has 0 bridgehead atoms. The summed E-state index contributed by atoms with van der Waals surface area (Å²) in [5.74, 6) is -0.0142. The molecular formula is C21H21ClN4O. The molecular weight excluding hydrogens is 360 g/mol. The summed E-state index contributed by atoms with van der Waals surface area (Å²) in [7, 11) is 0. The number of hydrogen-bond acceptors (Lipinski definition) is 3. The molecule has 5 nitrogen and oxygen atoms in total. The second-order valence-electron chi connectivity index (χ2n) is 6.80. The number of anilines is 1. The van der Waals surface area contributed by atoms with Crippen LogP contribution in [0.5, 0.6) is 0 Å². The predicted molar refractivity (Wildman–Crippen MR) is 108 cm³/mol. The van der Waals surface area contributed by atoms with Crippen molar-refractivity contribution >= 4 is 23.2 Å². The number of carbonyl (C=O) groups is 1. The van der Waals surface area contributed by atoms with E-state index in [-0.39, 0.29) is 5.91 Å². The van der Waals surface area contributed by atoms with E-state index in [0.29, 0.717) is 23.8 Å². The van der Waals surface area contributed by atoms with Gasteiger partial charge in [-0.05, 0) is 42.8 Å². The molecule has 0 unspecified atom stereocenters. The van der Waals surface area contributed by atoms with Crippen molar-refractivity contribution in [2.45, 2.75) is 6.92 Å². The SMILES string of the molecule is Cc1cccc(N2CCN(C(=O)c3cc(-c4cccc(Cl)c4)n[nH]3)CC2)c1. The number of amides is 1. The van der Waals surface area contributed by atoms with Gasteiger partial charge in [0.25, 0.3) is 5.91 Å². The number of aromatic amines is 1. The van der Waals surface area contributed by atoms with E-state index in [0.717, 1.165) is 24.3 Å². The lowest BCUT2D eigenvalue weighted by molar-refractivity contribution is 0.0741. The van der Waals surface area contributed by atoms with Crippen LogP contribution in [0.25, 0.3) is 11.3 Å². The molecule has 27 heavy (non-hydrogen) atoms. The van der Waals surface area contributed by atoms with Crippen molar-refractivity contribution < 1.29 is 4.79 Å². The molecule has 1 fully saturated rings. The maximum Gasteiger partial charge on any atom is 0.272 e. The minimum Gasteiger partial charge on any atom is -0.368 e. The van der Waals surface area contributed by atoms with Crippen LogP contribution < -0.4 is 4.90 Å². The Morgan fingerprint density at radius 1 is 1.04 bits per heavy atom. The number of halogens is 1. The third kappa shape index (κ3) is 3.83. The molecule has 2 aromatic carbocycles. The summed E-state index contributed by atoms with van der Waals surface area (Å²) < 4.78 is 0. The number of rotatable bonds is 3. The van der Waals surface area contributed by atoms with Gasteiger partial charge >= 0.3 is 0 Å². The lowest BCUT2D eigenvalue weighted by Crippen LogP contribution is -2.48. The number of benzene rings is 2. The van der Waals surface area contributed by atoms with E-state index >= 15 is 0 Å². The first-order valence-corrected chi connectivity index (χ1v) is 9.40. The Labute approximate surface area is 163 Å². The van der Waals surface area contributed by atoms with Crippen molar-refractivity contribution in [1.82, 2.24) is 15.1 Å². The van der Waals surface area contributed by atoms with E-state index < -0.39 is 0 Å². The molecule has 6 heteroatoms. The van der Waals surface area contributed by atoms with Crippen molar-refractivity contribution in [2.24, 2.45) is 0 Å².